The molecule has 0 aromatic heterocycles. The third-order valence-corrected chi connectivity index (χ3v) is 3.05. The summed E-state index contributed by atoms with van der Waals surface area (Å²) in [7, 11) is 1.98. The molecule has 2 rings (SSSR count). The van der Waals surface area contributed by atoms with Gasteiger partial charge in [-0.2, -0.15) is 0 Å². The molecule has 0 atom stereocenters. The Hall–Kier alpha value is -1.58. The summed E-state index contributed by atoms with van der Waals surface area (Å²) in [6.07, 6.45) is 0. The normalized spacial score (nSPS) is 10.9. The van der Waals surface area contributed by atoms with Crippen molar-refractivity contribution in [2.75, 3.05) is 12.8 Å². The Morgan fingerprint density at radius 1 is 1.05 bits per heavy atom. The van der Waals surface area contributed by atoms with E-state index in [1.807, 2.05) is 31.3 Å². The van der Waals surface area contributed by atoms with Gasteiger partial charge in [-0.15, -0.1) is 0 Å². The molecule has 0 saturated carbocycles. The van der Waals surface area contributed by atoms with Gasteiger partial charge in [-0.05, 0) is 48.5 Å². The molecule has 2 aromatic carbocycles. The van der Waals surface area contributed by atoms with Crippen molar-refractivity contribution < 1.29 is 4.39 Å². The Kier molecular flexibility index (Phi) is 4.40. The zero-order valence-corrected chi connectivity index (χ0v) is 11.5. The highest BCUT2D eigenvalue weighted by Gasteiger charge is 2.04. The summed E-state index contributed by atoms with van der Waals surface area (Å²) in [5.41, 5.74) is 8.12. The second kappa shape index (κ2) is 6.04. The van der Waals surface area contributed by atoms with Crippen LogP contribution in [0.2, 0.25) is 5.02 Å². The molecule has 0 heterocycles. The predicted octanol–water partition coefficient (Wildman–Crippen LogP) is 3.69. The highest BCUT2D eigenvalue weighted by Crippen LogP contribution is 2.15. The molecule has 2 aromatic rings. The summed E-state index contributed by atoms with van der Waals surface area (Å²) in [4.78, 5) is 2.09. The fourth-order valence-corrected chi connectivity index (χ4v) is 2.16. The Bertz CT molecular complexity index is 534. The summed E-state index contributed by atoms with van der Waals surface area (Å²) in [6.45, 7) is 1.41. The van der Waals surface area contributed by atoms with Gasteiger partial charge in [-0.3, -0.25) is 4.90 Å². The average Bonchev–Trinajstić information content (AvgIpc) is 2.30. The third-order valence-electron chi connectivity index (χ3n) is 2.80. The average molecular weight is 279 g/mol. The van der Waals surface area contributed by atoms with Crippen molar-refractivity contribution in [3.05, 3.63) is 64.4 Å². The SMILES string of the molecule is CN(Cc1ccc(Cl)cc1)Cc1cc(N)cc(F)c1. The maximum atomic E-state index is 13.2. The van der Waals surface area contributed by atoms with E-state index in [4.69, 9.17) is 17.3 Å². The number of rotatable bonds is 4. The van der Waals surface area contributed by atoms with E-state index in [0.717, 1.165) is 22.7 Å². The predicted molar refractivity (Wildman–Crippen MR) is 77.4 cm³/mol. The van der Waals surface area contributed by atoms with Gasteiger partial charge in [0.15, 0.2) is 0 Å². The lowest BCUT2D eigenvalue weighted by molar-refractivity contribution is 0.318. The second-order valence-electron chi connectivity index (χ2n) is 4.69. The van der Waals surface area contributed by atoms with Crippen LogP contribution in [0.5, 0.6) is 0 Å². The molecule has 0 saturated heterocycles. The molecular formula is C15H16ClFN2. The van der Waals surface area contributed by atoms with Crippen LogP contribution in [0.25, 0.3) is 0 Å². The zero-order chi connectivity index (χ0) is 13.8. The van der Waals surface area contributed by atoms with Crippen LogP contribution in [0.4, 0.5) is 10.1 Å². The molecule has 100 valence electrons. The smallest absolute Gasteiger partial charge is 0.125 e. The van der Waals surface area contributed by atoms with E-state index in [9.17, 15) is 4.39 Å². The first-order valence-electron chi connectivity index (χ1n) is 6.01. The molecule has 19 heavy (non-hydrogen) atoms. The summed E-state index contributed by atoms with van der Waals surface area (Å²) in [5.74, 6) is -0.296. The monoisotopic (exact) mass is 278 g/mol. The Morgan fingerprint density at radius 2 is 1.68 bits per heavy atom. The molecule has 0 aliphatic rings. The Balaban J connectivity index is 2.00. The largest absolute Gasteiger partial charge is 0.399 e. The summed E-state index contributed by atoms with van der Waals surface area (Å²) in [6, 6.07) is 12.3. The van der Waals surface area contributed by atoms with E-state index in [-0.39, 0.29) is 5.82 Å². The fourth-order valence-electron chi connectivity index (χ4n) is 2.04. The van der Waals surface area contributed by atoms with Crippen LogP contribution in [0, 0.1) is 5.82 Å². The molecule has 0 fully saturated rings. The molecule has 0 spiro atoms. The van der Waals surface area contributed by atoms with Gasteiger partial charge in [0, 0.05) is 23.8 Å². The highest BCUT2D eigenvalue weighted by atomic mass is 35.5. The molecule has 2 nitrogen and oxygen atoms in total. The molecule has 0 aliphatic carbocycles. The topological polar surface area (TPSA) is 29.3 Å². The van der Waals surface area contributed by atoms with Crippen molar-refractivity contribution in [3.63, 3.8) is 0 Å². The maximum absolute atomic E-state index is 13.2. The van der Waals surface area contributed by atoms with E-state index in [1.165, 1.54) is 12.1 Å². The first-order valence-corrected chi connectivity index (χ1v) is 6.38. The van der Waals surface area contributed by atoms with Crippen LogP contribution in [0.1, 0.15) is 11.1 Å². The lowest BCUT2D eigenvalue weighted by atomic mass is 10.1. The van der Waals surface area contributed by atoms with Crippen LogP contribution in [-0.2, 0) is 13.1 Å². The Labute approximate surface area is 117 Å². The van der Waals surface area contributed by atoms with Crippen molar-refractivity contribution in [3.8, 4) is 0 Å². The van der Waals surface area contributed by atoms with Crippen molar-refractivity contribution in [1.82, 2.24) is 4.90 Å². The molecule has 0 amide bonds. The van der Waals surface area contributed by atoms with Gasteiger partial charge in [-0.25, -0.2) is 4.39 Å². The van der Waals surface area contributed by atoms with E-state index in [0.29, 0.717) is 12.2 Å². The number of hydrogen-bond acceptors (Lipinski definition) is 2. The van der Waals surface area contributed by atoms with Gasteiger partial charge in [-0.1, -0.05) is 23.7 Å². The standard InChI is InChI=1S/C15H16ClFN2/c1-19(9-11-2-4-13(16)5-3-11)10-12-6-14(17)8-15(18)7-12/h2-8H,9-10,18H2,1H3. The second-order valence-corrected chi connectivity index (χ2v) is 5.13. The minimum absolute atomic E-state index is 0.296. The van der Waals surface area contributed by atoms with Gasteiger partial charge >= 0.3 is 0 Å². The summed E-state index contributed by atoms with van der Waals surface area (Å²) in [5, 5.41) is 0.726. The summed E-state index contributed by atoms with van der Waals surface area (Å²) < 4.78 is 13.2. The highest BCUT2D eigenvalue weighted by molar-refractivity contribution is 6.30. The van der Waals surface area contributed by atoms with Gasteiger partial charge in [0.2, 0.25) is 0 Å². The van der Waals surface area contributed by atoms with E-state index < -0.39 is 0 Å². The number of halogens is 2. The third kappa shape index (κ3) is 4.23. The number of anilines is 1. The van der Waals surface area contributed by atoms with E-state index in [1.54, 1.807) is 6.07 Å². The number of hydrogen-bond donors (Lipinski definition) is 1. The van der Waals surface area contributed by atoms with Crippen LogP contribution in [-0.4, -0.2) is 11.9 Å². The number of nitrogens with two attached hydrogens (primary N) is 1. The first kappa shape index (κ1) is 13.8. The minimum atomic E-state index is -0.296. The van der Waals surface area contributed by atoms with Crippen LogP contribution < -0.4 is 5.73 Å². The quantitative estimate of drug-likeness (QED) is 0.864. The number of benzene rings is 2. The van der Waals surface area contributed by atoms with Crippen LogP contribution in [0.3, 0.4) is 0 Å². The minimum Gasteiger partial charge on any atom is -0.399 e. The van der Waals surface area contributed by atoms with Gasteiger partial charge in [0.1, 0.15) is 5.82 Å². The zero-order valence-electron chi connectivity index (χ0n) is 10.7. The summed E-state index contributed by atoms with van der Waals surface area (Å²) >= 11 is 5.84. The number of nitrogen functional groups attached to an aromatic ring is 1. The van der Waals surface area contributed by atoms with Crippen molar-refractivity contribution in [2.24, 2.45) is 0 Å². The van der Waals surface area contributed by atoms with E-state index in [2.05, 4.69) is 4.90 Å². The van der Waals surface area contributed by atoms with Crippen molar-refractivity contribution in [1.29, 1.82) is 0 Å². The van der Waals surface area contributed by atoms with Gasteiger partial charge in [0.25, 0.3) is 0 Å². The lowest BCUT2D eigenvalue weighted by Gasteiger charge is -2.17. The Morgan fingerprint density at radius 3 is 2.32 bits per heavy atom. The van der Waals surface area contributed by atoms with Gasteiger partial charge < -0.3 is 5.73 Å². The molecule has 4 heteroatoms. The van der Waals surface area contributed by atoms with Gasteiger partial charge in [0.05, 0.1) is 0 Å². The maximum Gasteiger partial charge on any atom is 0.125 e. The van der Waals surface area contributed by atoms with Crippen molar-refractivity contribution in [2.45, 2.75) is 13.1 Å². The lowest BCUT2D eigenvalue weighted by Crippen LogP contribution is -2.17. The van der Waals surface area contributed by atoms with Crippen LogP contribution >= 0.6 is 11.6 Å². The fraction of sp³-hybridized carbons (Fsp3) is 0.200. The molecule has 0 radical (unpaired) electrons. The first-order chi connectivity index (χ1) is 9.02. The van der Waals surface area contributed by atoms with E-state index >= 15 is 0 Å². The molecular weight excluding hydrogens is 263 g/mol. The number of nitrogens with zero attached hydrogens (tertiary/aromatic N) is 1. The van der Waals surface area contributed by atoms with Crippen molar-refractivity contribution >= 4 is 17.3 Å². The molecule has 0 unspecified atom stereocenters. The molecule has 0 aliphatic heterocycles. The molecule has 2 N–H and O–H groups in total. The molecule has 0 bridgehead atoms. The van der Waals surface area contributed by atoms with Crippen LogP contribution in [0.15, 0.2) is 42.5 Å².